The zero-order chi connectivity index (χ0) is 13.4. The number of likely N-dealkylation sites (N-methyl/N-ethyl adjacent to an activating group) is 1. The van der Waals surface area contributed by atoms with Gasteiger partial charge in [0.15, 0.2) is 0 Å². The van der Waals surface area contributed by atoms with E-state index >= 15 is 0 Å². The lowest BCUT2D eigenvalue weighted by Gasteiger charge is -2.10. The largest absolute Gasteiger partial charge is 0.492 e. The summed E-state index contributed by atoms with van der Waals surface area (Å²) < 4.78 is 5.43. The Morgan fingerprint density at radius 2 is 2.11 bits per heavy atom. The van der Waals surface area contributed by atoms with E-state index in [4.69, 9.17) is 4.74 Å². The highest BCUT2D eigenvalue weighted by Gasteiger charge is 2.04. The average molecular weight is 248 g/mol. The van der Waals surface area contributed by atoms with Gasteiger partial charge in [0.25, 0.3) is 0 Å². The van der Waals surface area contributed by atoms with Gasteiger partial charge in [0.1, 0.15) is 5.75 Å². The Labute approximate surface area is 108 Å². The van der Waals surface area contributed by atoms with Gasteiger partial charge in [0.2, 0.25) is 5.91 Å². The van der Waals surface area contributed by atoms with Crippen molar-refractivity contribution in [3.63, 3.8) is 0 Å². The van der Waals surface area contributed by atoms with Crippen molar-refractivity contribution in [2.75, 3.05) is 32.6 Å². The van der Waals surface area contributed by atoms with Gasteiger partial charge in [-0.25, -0.2) is 0 Å². The van der Waals surface area contributed by atoms with Gasteiger partial charge in [-0.05, 0) is 33.2 Å². The maximum Gasteiger partial charge on any atom is 0.248 e. The molecular formula is C14H20N2O2. The van der Waals surface area contributed by atoms with Crippen LogP contribution in [0.5, 0.6) is 5.75 Å². The molecule has 0 saturated carbocycles. The summed E-state index contributed by atoms with van der Waals surface area (Å²) >= 11 is 0. The minimum Gasteiger partial charge on any atom is -0.492 e. The fourth-order valence-corrected chi connectivity index (χ4v) is 1.40. The molecule has 0 radical (unpaired) electrons. The molecule has 0 heterocycles. The van der Waals surface area contributed by atoms with Gasteiger partial charge in [0, 0.05) is 12.6 Å². The molecule has 0 spiro atoms. The van der Waals surface area contributed by atoms with Crippen LogP contribution in [0.2, 0.25) is 0 Å². The molecule has 0 atom stereocenters. The Kier molecular flexibility index (Phi) is 5.94. The first-order chi connectivity index (χ1) is 8.63. The Morgan fingerprint density at radius 1 is 1.39 bits per heavy atom. The first kappa shape index (κ1) is 14.3. The van der Waals surface area contributed by atoms with Crippen molar-refractivity contribution in [1.82, 2.24) is 4.90 Å². The summed E-state index contributed by atoms with van der Waals surface area (Å²) in [5, 5.41) is 2.80. The van der Waals surface area contributed by atoms with Crippen LogP contribution in [0.25, 0.3) is 0 Å². The van der Waals surface area contributed by atoms with Gasteiger partial charge in [-0.15, -0.1) is 0 Å². The predicted molar refractivity (Wildman–Crippen MR) is 73.9 cm³/mol. The van der Waals surface area contributed by atoms with E-state index in [9.17, 15) is 4.79 Å². The standard InChI is InChI=1S/C14H20N2O2/c1-4-18-13-9-6-5-8-12(13)15-14(17)10-7-11-16(2)3/h5-10H,4,11H2,1-3H3,(H,15,17)/b10-7+. The van der Waals surface area contributed by atoms with Crippen LogP contribution < -0.4 is 10.1 Å². The normalized spacial score (nSPS) is 10.9. The molecule has 0 aromatic heterocycles. The summed E-state index contributed by atoms with van der Waals surface area (Å²) in [5.74, 6) is 0.540. The molecule has 0 aliphatic rings. The van der Waals surface area contributed by atoms with Crippen LogP contribution in [0.15, 0.2) is 36.4 Å². The van der Waals surface area contributed by atoms with Crippen molar-refractivity contribution in [3.8, 4) is 5.75 Å². The first-order valence-electron chi connectivity index (χ1n) is 5.97. The molecule has 0 unspecified atom stereocenters. The molecule has 1 amide bonds. The van der Waals surface area contributed by atoms with Crippen molar-refractivity contribution in [3.05, 3.63) is 36.4 Å². The Bertz CT molecular complexity index is 414. The molecule has 98 valence electrons. The molecule has 4 nitrogen and oxygen atoms in total. The lowest BCUT2D eigenvalue weighted by Crippen LogP contribution is -2.13. The zero-order valence-electron chi connectivity index (χ0n) is 11.1. The summed E-state index contributed by atoms with van der Waals surface area (Å²) in [6.07, 6.45) is 3.35. The van der Waals surface area contributed by atoms with Crippen LogP contribution in [0, 0.1) is 0 Å². The highest BCUT2D eigenvalue weighted by Crippen LogP contribution is 2.23. The Balaban J connectivity index is 2.61. The smallest absolute Gasteiger partial charge is 0.248 e. The molecule has 0 aliphatic carbocycles. The topological polar surface area (TPSA) is 41.6 Å². The Morgan fingerprint density at radius 3 is 2.78 bits per heavy atom. The summed E-state index contributed by atoms with van der Waals surface area (Å²) in [6.45, 7) is 3.22. The first-order valence-corrected chi connectivity index (χ1v) is 5.97. The minimum absolute atomic E-state index is 0.149. The molecule has 0 aliphatic heterocycles. The number of para-hydroxylation sites is 2. The molecule has 0 fully saturated rings. The van der Waals surface area contributed by atoms with Crippen LogP contribution in [0.4, 0.5) is 5.69 Å². The Hall–Kier alpha value is -1.81. The summed E-state index contributed by atoms with van der Waals surface area (Å²) in [6, 6.07) is 7.40. The van der Waals surface area contributed by atoms with E-state index < -0.39 is 0 Å². The van der Waals surface area contributed by atoms with E-state index in [-0.39, 0.29) is 5.91 Å². The minimum atomic E-state index is -0.149. The number of amides is 1. The van der Waals surface area contributed by atoms with E-state index in [0.29, 0.717) is 18.0 Å². The molecule has 1 aromatic carbocycles. The fourth-order valence-electron chi connectivity index (χ4n) is 1.40. The molecular weight excluding hydrogens is 228 g/mol. The second-order valence-corrected chi connectivity index (χ2v) is 4.08. The summed E-state index contributed by atoms with van der Waals surface area (Å²) in [4.78, 5) is 13.7. The van der Waals surface area contributed by atoms with Crippen molar-refractivity contribution < 1.29 is 9.53 Å². The second-order valence-electron chi connectivity index (χ2n) is 4.08. The average Bonchev–Trinajstić information content (AvgIpc) is 2.31. The molecule has 1 rings (SSSR count). The lowest BCUT2D eigenvalue weighted by atomic mass is 10.3. The second kappa shape index (κ2) is 7.50. The van der Waals surface area contributed by atoms with E-state index in [1.807, 2.05) is 56.3 Å². The summed E-state index contributed by atoms with van der Waals surface area (Å²) in [5.41, 5.74) is 0.693. The third kappa shape index (κ3) is 5.01. The maximum absolute atomic E-state index is 11.7. The highest BCUT2D eigenvalue weighted by atomic mass is 16.5. The monoisotopic (exact) mass is 248 g/mol. The highest BCUT2D eigenvalue weighted by molar-refractivity contribution is 6.00. The molecule has 0 bridgehead atoms. The molecule has 0 saturated heterocycles. The number of nitrogens with zero attached hydrogens (tertiary/aromatic N) is 1. The van der Waals surface area contributed by atoms with Gasteiger partial charge < -0.3 is 15.0 Å². The molecule has 1 aromatic rings. The fraction of sp³-hybridized carbons (Fsp3) is 0.357. The van der Waals surface area contributed by atoms with Crippen LogP contribution in [0.3, 0.4) is 0 Å². The number of anilines is 1. The lowest BCUT2D eigenvalue weighted by molar-refractivity contribution is -0.111. The van der Waals surface area contributed by atoms with Gasteiger partial charge in [0.05, 0.1) is 12.3 Å². The van der Waals surface area contributed by atoms with E-state index in [1.165, 1.54) is 6.08 Å². The van der Waals surface area contributed by atoms with Crippen molar-refractivity contribution >= 4 is 11.6 Å². The predicted octanol–water partition coefficient (Wildman–Crippen LogP) is 2.14. The number of carbonyl (C=O) groups is 1. The van der Waals surface area contributed by atoms with Crippen molar-refractivity contribution in [2.24, 2.45) is 0 Å². The van der Waals surface area contributed by atoms with Gasteiger partial charge in [-0.1, -0.05) is 18.2 Å². The van der Waals surface area contributed by atoms with E-state index in [1.54, 1.807) is 0 Å². The quantitative estimate of drug-likeness (QED) is 0.784. The number of rotatable bonds is 6. The third-order valence-electron chi connectivity index (χ3n) is 2.18. The van der Waals surface area contributed by atoms with Crippen LogP contribution in [-0.2, 0) is 4.79 Å². The summed E-state index contributed by atoms with van der Waals surface area (Å²) in [7, 11) is 3.90. The van der Waals surface area contributed by atoms with Crippen LogP contribution in [0.1, 0.15) is 6.92 Å². The van der Waals surface area contributed by atoms with Gasteiger partial charge in [-0.3, -0.25) is 4.79 Å². The van der Waals surface area contributed by atoms with Crippen molar-refractivity contribution in [2.45, 2.75) is 6.92 Å². The van der Waals surface area contributed by atoms with Crippen molar-refractivity contribution in [1.29, 1.82) is 0 Å². The van der Waals surface area contributed by atoms with Crippen LogP contribution >= 0.6 is 0 Å². The van der Waals surface area contributed by atoms with E-state index in [2.05, 4.69) is 5.32 Å². The van der Waals surface area contributed by atoms with Gasteiger partial charge >= 0.3 is 0 Å². The van der Waals surface area contributed by atoms with Crippen LogP contribution in [-0.4, -0.2) is 38.1 Å². The maximum atomic E-state index is 11.7. The zero-order valence-corrected chi connectivity index (χ0v) is 11.1. The number of benzene rings is 1. The molecule has 4 heteroatoms. The number of ether oxygens (including phenoxy) is 1. The SMILES string of the molecule is CCOc1ccccc1NC(=O)/C=C/CN(C)C. The number of nitrogens with one attached hydrogen (secondary N) is 1. The molecule has 1 N–H and O–H groups in total. The van der Waals surface area contributed by atoms with Gasteiger partial charge in [-0.2, -0.15) is 0 Å². The number of carbonyl (C=O) groups excluding carboxylic acids is 1. The number of hydrogen-bond donors (Lipinski definition) is 1. The third-order valence-corrected chi connectivity index (χ3v) is 2.18. The number of hydrogen-bond acceptors (Lipinski definition) is 3. The van der Waals surface area contributed by atoms with E-state index in [0.717, 1.165) is 6.54 Å². The molecule has 18 heavy (non-hydrogen) atoms.